The molecule has 0 aliphatic carbocycles. The van der Waals surface area contributed by atoms with Gasteiger partial charge in [-0.15, -0.1) is 0 Å². The first-order valence-corrected chi connectivity index (χ1v) is 4.37. The minimum Gasteiger partial charge on any atom is -0.446 e. The maximum atomic E-state index is 5.31. The van der Waals surface area contributed by atoms with Crippen molar-refractivity contribution in [1.82, 2.24) is 10.1 Å². The second-order valence-electron chi connectivity index (χ2n) is 2.32. The molecule has 2 aromatic heterocycles. The van der Waals surface area contributed by atoms with Crippen molar-refractivity contribution in [2.75, 3.05) is 0 Å². The zero-order valence-corrected chi connectivity index (χ0v) is 8.11. The molecule has 2 rings (SSSR count). The summed E-state index contributed by atoms with van der Waals surface area (Å²) in [6.07, 6.45) is 0. The highest BCUT2D eigenvalue weighted by molar-refractivity contribution is 9.10. The zero-order valence-electron chi connectivity index (χ0n) is 6.53. The van der Waals surface area contributed by atoms with Gasteiger partial charge < -0.3 is 14.7 Å². The number of hydrogen-bond acceptors (Lipinski definition) is 5. The van der Waals surface area contributed by atoms with Crippen molar-refractivity contribution < 1.29 is 8.94 Å². The fourth-order valence-corrected chi connectivity index (χ4v) is 1.18. The van der Waals surface area contributed by atoms with Gasteiger partial charge in [0, 0.05) is 0 Å². The average Bonchev–Trinajstić information content (AvgIpc) is 2.71. The van der Waals surface area contributed by atoms with Gasteiger partial charge >= 0.3 is 0 Å². The van der Waals surface area contributed by atoms with Crippen molar-refractivity contribution in [3.8, 4) is 11.6 Å². The minimum atomic E-state index is 0.231. The van der Waals surface area contributed by atoms with Crippen LogP contribution in [0.2, 0.25) is 0 Å². The molecule has 2 N–H and O–H groups in total. The van der Waals surface area contributed by atoms with Gasteiger partial charge in [-0.05, 0) is 28.1 Å². The molecule has 13 heavy (non-hydrogen) atoms. The highest BCUT2D eigenvalue weighted by Gasteiger charge is 2.10. The Bertz CT molecular complexity index is 409. The van der Waals surface area contributed by atoms with Gasteiger partial charge in [0.25, 0.3) is 0 Å². The van der Waals surface area contributed by atoms with Crippen LogP contribution in [0.3, 0.4) is 0 Å². The first kappa shape index (κ1) is 8.46. The maximum absolute atomic E-state index is 5.31. The molecule has 2 aromatic rings. The fraction of sp³-hybridized carbons (Fsp3) is 0.143. The summed E-state index contributed by atoms with van der Waals surface area (Å²) in [7, 11) is 0. The van der Waals surface area contributed by atoms with Crippen molar-refractivity contribution in [2.45, 2.75) is 6.54 Å². The molecule has 0 aliphatic rings. The number of aromatic nitrogens is 2. The molecule has 68 valence electrons. The second kappa shape index (κ2) is 3.31. The van der Waals surface area contributed by atoms with Crippen LogP contribution in [0.15, 0.2) is 25.7 Å². The van der Waals surface area contributed by atoms with E-state index >= 15 is 0 Å². The third-order valence-electron chi connectivity index (χ3n) is 1.44. The Labute approximate surface area is 82.0 Å². The van der Waals surface area contributed by atoms with Crippen molar-refractivity contribution in [2.24, 2.45) is 5.73 Å². The standard InChI is InChI=1S/C7H6BrN3O2/c8-5-2-1-4(12-5)7-10-6(3-9)13-11-7/h1-2H,3,9H2. The van der Waals surface area contributed by atoms with Crippen LogP contribution in [0.25, 0.3) is 11.6 Å². The van der Waals surface area contributed by atoms with Crippen molar-refractivity contribution in [1.29, 1.82) is 0 Å². The van der Waals surface area contributed by atoms with Crippen LogP contribution in [0.1, 0.15) is 5.89 Å². The summed E-state index contributed by atoms with van der Waals surface area (Å²) in [6, 6.07) is 3.50. The molecule has 0 saturated heterocycles. The molecule has 0 bridgehead atoms. The lowest BCUT2D eigenvalue weighted by atomic mass is 10.4. The molecule has 0 unspecified atom stereocenters. The number of nitrogens with two attached hydrogens (primary N) is 1. The van der Waals surface area contributed by atoms with E-state index in [0.717, 1.165) is 0 Å². The second-order valence-corrected chi connectivity index (χ2v) is 3.10. The lowest BCUT2D eigenvalue weighted by Gasteiger charge is -1.83. The van der Waals surface area contributed by atoms with Gasteiger partial charge in [0.15, 0.2) is 10.4 Å². The summed E-state index contributed by atoms with van der Waals surface area (Å²) in [4.78, 5) is 3.99. The Morgan fingerprint density at radius 1 is 1.46 bits per heavy atom. The van der Waals surface area contributed by atoms with E-state index in [1.165, 1.54) is 0 Å². The van der Waals surface area contributed by atoms with Gasteiger partial charge in [0.1, 0.15) is 0 Å². The number of hydrogen-bond donors (Lipinski definition) is 1. The molecular formula is C7H6BrN3O2. The van der Waals surface area contributed by atoms with E-state index in [1.54, 1.807) is 12.1 Å². The third kappa shape index (κ3) is 1.63. The van der Waals surface area contributed by atoms with Crippen molar-refractivity contribution in [3.05, 3.63) is 22.7 Å². The lowest BCUT2D eigenvalue weighted by molar-refractivity contribution is 0.379. The Kier molecular flexibility index (Phi) is 2.15. The predicted octanol–water partition coefficient (Wildman–Crippen LogP) is 1.55. The highest BCUT2D eigenvalue weighted by Crippen LogP contribution is 2.22. The Balaban J connectivity index is 2.35. The highest BCUT2D eigenvalue weighted by atomic mass is 79.9. The SMILES string of the molecule is NCc1nc(-c2ccc(Br)o2)no1. The topological polar surface area (TPSA) is 78.1 Å². The van der Waals surface area contributed by atoms with Crippen molar-refractivity contribution >= 4 is 15.9 Å². The molecular weight excluding hydrogens is 238 g/mol. The van der Waals surface area contributed by atoms with Crippen LogP contribution in [0.4, 0.5) is 0 Å². The van der Waals surface area contributed by atoms with Gasteiger partial charge in [0.2, 0.25) is 11.7 Å². The van der Waals surface area contributed by atoms with Crippen molar-refractivity contribution in [3.63, 3.8) is 0 Å². The zero-order chi connectivity index (χ0) is 9.26. The van der Waals surface area contributed by atoms with Crippen LogP contribution < -0.4 is 5.73 Å². The lowest BCUT2D eigenvalue weighted by Crippen LogP contribution is -1.95. The summed E-state index contributed by atoms with van der Waals surface area (Å²) in [5.74, 6) is 1.35. The van der Waals surface area contributed by atoms with E-state index in [4.69, 9.17) is 14.7 Å². The number of nitrogens with zero attached hydrogens (tertiary/aromatic N) is 2. The van der Waals surface area contributed by atoms with E-state index in [2.05, 4.69) is 26.1 Å². The Morgan fingerprint density at radius 2 is 2.31 bits per heavy atom. The molecule has 5 nitrogen and oxygen atoms in total. The van der Waals surface area contributed by atoms with Gasteiger partial charge in [-0.1, -0.05) is 5.16 Å². The Hall–Kier alpha value is -1.14. The molecule has 0 aromatic carbocycles. The molecule has 0 spiro atoms. The smallest absolute Gasteiger partial charge is 0.240 e. The number of halogens is 1. The molecule has 0 aliphatic heterocycles. The fourth-order valence-electron chi connectivity index (χ4n) is 0.872. The minimum absolute atomic E-state index is 0.231. The number of furan rings is 1. The summed E-state index contributed by atoms with van der Waals surface area (Å²) < 4.78 is 10.7. The first-order valence-electron chi connectivity index (χ1n) is 3.58. The maximum Gasteiger partial charge on any atom is 0.240 e. The average molecular weight is 244 g/mol. The van der Waals surface area contributed by atoms with Gasteiger partial charge in [-0.25, -0.2) is 0 Å². The normalized spacial score (nSPS) is 10.6. The summed E-state index contributed by atoms with van der Waals surface area (Å²) >= 11 is 3.18. The molecule has 0 atom stereocenters. The molecule has 2 heterocycles. The third-order valence-corrected chi connectivity index (χ3v) is 1.86. The van der Waals surface area contributed by atoms with Crippen LogP contribution in [0, 0.1) is 0 Å². The molecule has 0 saturated carbocycles. The first-order chi connectivity index (χ1) is 6.29. The van der Waals surface area contributed by atoms with Gasteiger partial charge in [0.05, 0.1) is 6.54 Å². The molecule has 0 radical (unpaired) electrons. The van der Waals surface area contributed by atoms with E-state index in [0.29, 0.717) is 22.1 Å². The van der Waals surface area contributed by atoms with Crippen LogP contribution >= 0.6 is 15.9 Å². The largest absolute Gasteiger partial charge is 0.446 e. The van der Waals surface area contributed by atoms with E-state index < -0.39 is 0 Å². The summed E-state index contributed by atoms with van der Waals surface area (Å²) in [5, 5.41) is 3.69. The molecule has 0 amide bonds. The Morgan fingerprint density at radius 3 is 2.85 bits per heavy atom. The number of rotatable bonds is 2. The quantitative estimate of drug-likeness (QED) is 0.866. The van der Waals surface area contributed by atoms with E-state index in [9.17, 15) is 0 Å². The van der Waals surface area contributed by atoms with Crippen LogP contribution in [0.5, 0.6) is 0 Å². The van der Waals surface area contributed by atoms with E-state index in [1.807, 2.05) is 0 Å². The monoisotopic (exact) mass is 243 g/mol. The van der Waals surface area contributed by atoms with Gasteiger partial charge in [-0.3, -0.25) is 0 Å². The molecule has 6 heteroatoms. The summed E-state index contributed by atoms with van der Waals surface area (Å²) in [5.41, 5.74) is 5.31. The molecule has 0 fully saturated rings. The summed E-state index contributed by atoms with van der Waals surface area (Å²) in [6.45, 7) is 0.231. The van der Waals surface area contributed by atoms with Gasteiger partial charge in [-0.2, -0.15) is 4.98 Å². The van der Waals surface area contributed by atoms with Crippen LogP contribution in [-0.4, -0.2) is 10.1 Å². The van der Waals surface area contributed by atoms with Crippen LogP contribution in [-0.2, 0) is 6.54 Å². The van der Waals surface area contributed by atoms with E-state index in [-0.39, 0.29) is 6.54 Å². The predicted molar refractivity (Wildman–Crippen MR) is 47.6 cm³/mol.